The number of nitrogens with zero attached hydrogens (tertiary/aromatic N) is 1. The van der Waals surface area contributed by atoms with Crippen LogP contribution in [0.3, 0.4) is 0 Å². The summed E-state index contributed by atoms with van der Waals surface area (Å²) in [5, 5.41) is 12.5. The number of fused-ring (bicyclic) bond motifs is 1. The Morgan fingerprint density at radius 3 is 2.94 bits per heavy atom. The van der Waals surface area contributed by atoms with Gasteiger partial charge in [-0.2, -0.15) is 0 Å². The molecule has 3 rings (SSSR count). The minimum atomic E-state index is -0.262. The number of ether oxygens (including phenoxy) is 2. The molecule has 5 nitrogen and oxygen atoms in total. The van der Waals surface area contributed by atoms with Crippen LogP contribution in [0.5, 0.6) is 11.5 Å². The molecule has 1 atom stereocenters. The van der Waals surface area contributed by atoms with Crippen LogP contribution >= 0.6 is 0 Å². The summed E-state index contributed by atoms with van der Waals surface area (Å²) < 4.78 is 11.5. The van der Waals surface area contributed by atoms with Crippen LogP contribution in [-0.2, 0) is 0 Å². The van der Waals surface area contributed by atoms with Crippen LogP contribution in [0.4, 0.5) is 5.69 Å². The number of rotatable bonds is 2. The lowest BCUT2D eigenvalue weighted by Gasteiger charge is -2.34. The minimum absolute atomic E-state index is 0.0185. The normalized spacial score (nSPS) is 22.9. The fraction of sp³-hybridized carbons (Fsp3) is 0.538. The zero-order chi connectivity index (χ0) is 12.4. The summed E-state index contributed by atoms with van der Waals surface area (Å²) in [6, 6.07) is 5.95. The van der Waals surface area contributed by atoms with Crippen molar-refractivity contribution in [2.75, 3.05) is 44.3 Å². The second-order valence-electron chi connectivity index (χ2n) is 4.57. The van der Waals surface area contributed by atoms with Gasteiger partial charge in [0, 0.05) is 26.2 Å². The third-order valence-electron chi connectivity index (χ3n) is 3.33. The summed E-state index contributed by atoms with van der Waals surface area (Å²) in [6.45, 7) is 4.28. The van der Waals surface area contributed by atoms with Crippen LogP contribution in [-0.4, -0.2) is 50.6 Å². The van der Waals surface area contributed by atoms with Crippen LogP contribution in [0.2, 0.25) is 0 Å². The van der Waals surface area contributed by atoms with E-state index in [1.54, 1.807) is 0 Å². The van der Waals surface area contributed by atoms with Gasteiger partial charge in [-0.3, -0.25) is 0 Å². The lowest BCUT2D eigenvalue weighted by molar-refractivity contribution is 0.0460. The highest BCUT2D eigenvalue weighted by atomic mass is 16.6. The molecule has 0 saturated carbocycles. The van der Waals surface area contributed by atoms with Gasteiger partial charge in [0.2, 0.25) is 0 Å². The second kappa shape index (κ2) is 5.04. The standard InChI is InChI=1S/C13H18N2O3/c16-8-10-9-17-12-3-1-2-11(13(12)18-10)15-6-4-14-5-7-15/h1-3,10,14,16H,4-9H2. The van der Waals surface area contributed by atoms with Crippen molar-refractivity contribution in [3.05, 3.63) is 18.2 Å². The maximum Gasteiger partial charge on any atom is 0.185 e. The summed E-state index contributed by atoms with van der Waals surface area (Å²) in [4.78, 5) is 2.29. The number of hydrogen-bond donors (Lipinski definition) is 2. The van der Waals surface area contributed by atoms with E-state index in [1.165, 1.54) is 0 Å². The molecule has 1 aromatic rings. The smallest absolute Gasteiger partial charge is 0.185 e. The molecule has 98 valence electrons. The van der Waals surface area contributed by atoms with Crippen molar-refractivity contribution in [3.63, 3.8) is 0 Å². The van der Waals surface area contributed by atoms with Crippen LogP contribution in [0.1, 0.15) is 0 Å². The molecule has 1 aromatic carbocycles. The minimum Gasteiger partial charge on any atom is -0.486 e. The quantitative estimate of drug-likeness (QED) is 0.787. The number of aliphatic hydroxyl groups excluding tert-OH is 1. The topological polar surface area (TPSA) is 54.0 Å². The van der Waals surface area contributed by atoms with E-state index in [2.05, 4.69) is 10.2 Å². The Morgan fingerprint density at radius 2 is 2.17 bits per heavy atom. The van der Waals surface area contributed by atoms with Crippen molar-refractivity contribution >= 4 is 5.69 Å². The van der Waals surface area contributed by atoms with Crippen LogP contribution in [0.25, 0.3) is 0 Å². The number of aliphatic hydroxyl groups is 1. The van der Waals surface area contributed by atoms with Crippen molar-refractivity contribution in [3.8, 4) is 11.5 Å². The molecule has 2 heterocycles. The number of nitrogens with one attached hydrogen (secondary N) is 1. The Bertz CT molecular complexity index is 419. The summed E-state index contributed by atoms with van der Waals surface area (Å²) in [5.74, 6) is 1.54. The van der Waals surface area contributed by atoms with Crippen molar-refractivity contribution in [1.29, 1.82) is 0 Å². The van der Waals surface area contributed by atoms with Gasteiger partial charge in [-0.25, -0.2) is 0 Å². The first-order valence-electron chi connectivity index (χ1n) is 6.37. The van der Waals surface area contributed by atoms with Crippen molar-refractivity contribution in [2.45, 2.75) is 6.10 Å². The van der Waals surface area contributed by atoms with E-state index in [1.807, 2.05) is 18.2 Å². The van der Waals surface area contributed by atoms with Gasteiger partial charge in [0.15, 0.2) is 17.6 Å². The predicted octanol–water partition coefficient (Wildman–Crippen LogP) is 0.228. The molecule has 0 bridgehead atoms. The lowest BCUT2D eigenvalue weighted by Crippen LogP contribution is -2.44. The first kappa shape index (κ1) is 11.6. The molecule has 5 heteroatoms. The van der Waals surface area contributed by atoms with Gasteiger partial charge in [0.25, 0.3) is 0 Å². The van der Waals surface area contributed by atoms with Gasteiger partial charge < -0.3 is 24.8 Å². The van der Waals surface area contributed by atoms with Crippen molar-refractivity contribution in [2.24, 2.45) is 0 Å². The number of hydrogen-bond acceptors (Lipinski definition) is 5. The highest BCUT2D eigenvalue weighted by Gasteiger charge is 2.25. The third-order valence-corrected chi connectivity index (χ3v) is 3.33. The van der Waals surface area contributed by atoms with Gasteiger partial charge >= 0.3 is 0 Å². The van der Waals surface area contributed by atoms with Gasteiger partial charge in [0.05, 0.1) is 12.3 Å². The van der Waals surface area contributed by atoms with Crippen LogP contribution < -0.4 is 19.7 Å². The number of para-hydroxylation sites is 1. The predicted molar refractivity (Wildman–Crippen MR) is 68.5 cm³/mol. The Balaban J connectivity index is 1.90. The molecule has 1 fully saturated rings. The van der Waals surface area contributed by atoms with E-state index >= 15 is 0 Å². The molecule has 2 aliphatic rings. The third kappa shape index (κ3) is 2.11. The number of piperazine rings is 1. The molecule has 18 heavy (non-hydrogen) atoms. The summed E-state index contributed by atoms with van der Waals surface area (Å²) >= 11 is 0. The van der Waals surface area contributed by atoms with E-state index in [4.69, 9.17) is 9.47 Å². The fourth-order valence-corrected chi connectivity index (χ4v) is 2.36. The molecule has 0 spiro atoms. The van der Waals surface area contributed by atoms with Gasteiger partial charge in [0.1, 0.15) is 6.61 Å². The average molecular weight is 250 g/mol. The molecule has 0 aromatic heterocycles. The molecular weight excluding hydrogens is 232 g/mol. The van der Waals surface area contributed by atoms with Gasteiger partial charge in [-0.15, -0.1) is 0 Å². The number of benzene rings is 1. The van der Waals surface area contributed by atoms with E-state index in [-0.39, 0.29) is 12.7 Å². The van der Waals surface area contributed by atoms with Crippen molar-refractivity contribution < 1.29 is 14.6 Å². The molecule has 0 radical (unpaired) electrons. The van der Waals surface area contributed by atoms with E-state index in [0.29, 0.717) is 6.61 Å². The van der Waals surface area contributed by atoms with Crippen LogP contribution in [0.15, 0.2) is 18.2 Å². The van der Waals surface area contributed by atoms with E-state index in [9.17, 15) is 5.11 Å². The molecule has 1 saturated heterocycles. The van der Waals surface area contributed by atoms with Gasteiger partial charge in [-0.05, 0) is 12.1 Å². The molecular formula is C13H18N2O3. The summed E-state index contributed by atoms with van der Waals surface area (Å²) in [6.07, 6.45) is -0.262. The lowest BCUT2D eigenvalue weighted by atomic mass is 10.2. The zero-order valence-corrected chi connectivity index (χ0v) is 10.3. The Kier molecular flexibility index (Phi) is 3.25. The Morgan fingerprint density at radius 1 is 1.33 bits per heavy atom. The first-order chi connectivity index (χ1) is 8.88. The Hall–Kier alpha value is -1.46. The molecule has 1 unspecified atom stereocenters. The van der Waals surface area contributed by atoms with Crippen LogP contribution in [0, 0.1) is 0 Å². The average Bonchev–Trinajstić information content (AvgIpc) is 2.47. The number of anilines is 1. The summed E-state index contributed by atoms with van der Waals surface area (Å²) in [5.41, 5.74) is 1.06. The summed E-state index contributed by atoms with van der Waals surface area (Å²) in [7, 11) is 0. The van der Waals surface area contributed by atoms with Gasteiger partial charge in [-0.1, -0.05) is 6.07 Å². The second-order valence-corrected chi connectivity index (χ2v) is 4.57. The largest absolute Gasteiger partial charge is 0.486 e. The Labute approximate surface area is 106 Å². The highest BCUT2D eigenvalue weighted by Crippen LogP contribution is 2.40. The molecule has 0 aliphatic carbocycles. The van der Waals surface area contributed by atoms with E-state index < -0.39 is 0 Å². The first-order valence-corrected chi connectivity index (χ1v) is 6.37. The fourth-order valence-electron chi connectivity index (χ4n) is 2.36. The van der Waals surface area contributed by atoms with E-state index in [0.717, 1.165) is 43.4 Å². The monoisotopic (exact) mass is 250 g/mol. The molecule has 0 amide bonds. The zero-order valence-electron chi connectivity index (χ0n) is 10.3. The van der Waals surface area contributed by atoms with Crippen molar-refractivity contribution in [1.82, 2.24) is 5.32 Å². The maximum absolute atomic E-state index is 9.19. The SMILES string of the molecule is OCC1COc2cccc(N3CCNCC3)c2O1. The maximum atomic E-state index is 9.19. The molecule has 2 aliphatic heterocycles. The molecule has 2 N–H and O–H groups in total. The highest BCUT2D eigenvalue weighted by molar-refractivity contribution is 5.65.